The summed E-state index contributed by atoms with van der Waals surface area (Å²) < 4.78 is 5.27. The number of carboxylic acid groups (broad SMARTS) is 1. The Morgan fingerprint density at radius 1 is 1.07 bits per heavy atom. The first kappa shape index (κ1) is 17.8. The molecule has 0 saturated heterocycles. The Labute approximate surface area is 154 Å². The molecule has 0 atom stereocenters. The number of aromatic hydroxyl groups is 1. The number of nitrogens with two attached hydrogens (primary N) is 1. The number of para-hydroxylation sites is 2. The number of aromatic carboxylic acids is 1. The molecule has 1 heterocycles. The van der Waals surface area contributed by atoms with Gasteiger partial charge in [0.1, 0.15) is 17.2 Å². The predicted octanol–water partition coefficient (Wildman–Crippen LogP) is 2.96. The molecule has 0 aliphatic rings. The van der Waals surface area contributed by atoms with E-state index in [2.05, 4.69) is 20.6 Å². The summed E-state index contributed by atoms with van der Waals surface area (Å²) in [5, 5.41) is 24.6. The van der Waals surface area contributed by atoms with Gasteiger partial charge >= 0.3 is 5.97 Å². The van der Waals surface area contributed by atoms with E-state index in [1.54, 1.807) is 36.4 Å². The zero-order chi connectivity index (χ0) is 19.4. The Bertz CT molecular complexity index is 976. The zero-order valence-corrected chi connectivity index (χ0v) is 14.3. The van der Waals surface area contributed by atoms with Crippen molar-refractivity contribution >= 4 is 34.8 Å². The van der Waals surface area contributed by atoms with E-state index in [9.17, 15) is 15.0 Å². The number of phenolic OH excluding ortho intramolecular Hbond substituents is 1. The van der Waals surface area contributed by atoms with Crippen LogP contribution in [0.1, 0.15) is 10.5 Å². The molecule has 0 fully saturated rings. The SMILES string of the molecule is COc1ccccc1Nc1nc(Nc2ccc(O)cc2)nc(C(=O)O)c1N. The van der Waals surface area contributed by atoms with Gasteiger partial charge in [0, 0.05) is 5.69 Å². The Hall–Kier alpha value is -4.01. The number of aromatic nitrogens is 2. The number of methoxy groups -OCH3 is 1. The largest absolute Gasteiger partial charge is 0.508 e. The van der Waals surface area contributed by atoms with Crippen molar-refractivity contribution in [3.8, 4) is 11.5 Å². The van der Waals surface area contributed by atoms with Gasteiger partial charge < -0.3 is 31.3 Å². The summed E-state index contributed by atoms with van der Waals surface area (Å²) >= 11 is 0. The zero-order valence-electron chi connectivity index (χ0n) is 14.3. The first-order valence-electron chi connectivity index (χ1n) is 7.85. The van der Waals surface area contributed by atoms with Crippen molar-refractivity contribution < 1.29 is 19.7 Å². The summed E-state index contributed by atoms with van der Waals surface area (Å²) in [7, 11) is 1.52. The average molecular weight is 367 g/mol. The molecule has 0 spiro atoms. The second kappa shape index (κ2) is 7.48. The second-order valence-electron chi connectivity index (χ2n) is 5.46. The van der Waals surface area contributed by atoms with E-state index in [1.807, 2.05) is 0 Å². The number of anilines is 5. The molecule has 2 aromatic carbocycles. The number of benzene rings is 2. The van der Waals surface area contributed by atoms with Crippen LogP contribution < -0.4 is 21.1 Å². The quantitative estimate of drug-likeness (QED) is 0.415. The lowest BCUT2D eigenvalue weighted by molar-refractivity contribution is 0.0692. The van der Waals surface area contributed by atoms with Gasteiger partial charge in [-0.15, -0.1) is 0 Å². The van der Waals surface area contributed by atoms with E-state index in [0.29, 0.717) is 17.1 Å². The molecule has 0 amide bonds. The first-order valence-corrected chi connectivity index (χ1v) is 7.85. The summed E-state index contributed by atoms with van der Waals surface area (Å²) in [5.41, 5.74) is 6.62. The van der Waals surface area contributed by atoms with E-state index in [0.717, 1.165) is 0 Å². The number of phenols is 1. The lowest BCUT2D eigenvalue weighted by atomic mass is 10.2. The van der Waals surface area contributed by atoms with Gasteiger partial charge in [-0.05, 0) is 36.4 Å². The number of nitrogens with zero attached hydrogens (tertiary/aromatic N) is 2. The highest BCUT2D eigenvalue weighted by Crippen LogP contribution is 2.31. The highest BCUT2D eigenvalue weighted by molar-refractivity contribution is 5.95. The Morgan fingerprint density at radius 3 is 2.44 bits per heavy atom. The van der Waals surface area contributed by atoms with E-state index >= 15 is 0 Å². The maximum atomic E-state index is 11.5. The van der Waals surface area contributed by atoms with Crippen molar-refractivity contribution in [1.29, 1.82) is 0 Å². The van der Waals surface area contributed by atoms with Gasteiger partial charge in [-0.2, -0.15) is 4.98 Å². The molecule has 3 aromatic rings. The minimum atomic E-state index is -1.29. The van der Waals surface area contributed by atoms with E-state index in [-0.39, 0.29) is 28.9 Å². The van der Waals surface area contributed by atoms with E-state index in [4.69, 9.17) is 10.5 Å². The first-order chi connectivity index (χ1) is 13.0. The second-order valence-corrected chi connectivity index (χ2v) is 5.46. The van der Waals surface area contributed by atoms with Crippen LogP contribution in [0.3, 0.4) is 0 Å². The third kappa shape index (κ3) is 3.98. The number of rotatable bonds is 6. The Kier molecular flexibility index (Phi) is 4.93. The van der Waals surface area contributed by atoms with E-state index < -0.39 is 5.97 Å². The fourth-order valence-electron chi connectivity index (χ4n) is 2.33. The predicted molar refractivity (Wildman–Crippen MR) is 101 cm³/mol. The molecular formula is C18H17N5O4. The number of ether oxygens (including phenoxy) is 1. The van der Waals surface area contributed by atoms with Crippen LogP contribution in [0.5, 0.6) is 11.5 Å². The van der Waals surface area contributed by atoms with Gasteiger partial charge in [0.2, 0.25) is 5.95 Å². The molecule has 0 aliphatic carbocycles. The minimum Gasteiger partial charge on any atom is -0.508 e. The molecule has 0 radical (unpaired) electrons. The molecule has 1 aromatic heterocycles. The van der Waals surface area contributed by atoms with Crippen molar-refractivity contribution in [2.45, 2.75) is 0 Å². The number of carbonyl (C=O) groups is 1. The van der Waals surface area contributed by atoms with Gasteiger partial charge in [0.25, 0.3) is 0 Å². The number of nitrogens with one attached hydrogen (secondary N) is 2. The van der Waals surface area contributed by atoms with Crippen LogP contribution in [0.15, 0.2) is 48.5 Å². The highest BCUT2D eigenvalue weighted by Gasteiger charge is 2.18. The van der Waals surface area contributed by atoms with Gasteiger partial charge in [0.15, 0.2) is 11.5 Å². The molecule has 27 heavy (non-hydrogen) atoms. The third-order valence-electron chi connectivity index (χ3n) is 3.63. The van der Waals surface area contributed by atoms with Crippen molar-refractivity contribution in [2.24, 2.45) is 0 Å². The van der Waals surface area contributed by atoms with Gasteiger partial charge in [0.05, 0.1) is 12.8 Å². The lowest BCUT2D eigenvalue weighted by Crippen LogP contribution is -2.12. The maximum absolute atomic E-state index is 11.5. The van der Waals surface area contributed by atoms with Crippen LogP contribution >= 0.6 is 0 Å². The molecule has 0 unspecified atom stereocenters. The lowest BCUT2D eigenvalue weighted by Gasteiger charge is -2.14. The van der Waals surface area contributed by atoms with Crippen molar-refractivity contribution in [3.05, 3.63) is 54.2 Å². The molecule has 6 N–H and O–H groups in total. The van der Waals surface area contributed by atoms with Gasteiger partial charge in [-0.1, -0.05) is 12.1 Å². The monoisotopic (exact) mass is 367 g/mol. The normalized spacial score (nSPS) is 10.3. The summed E-state index contributed by atoms with van der Waals surface area (Å²) in [4.78, 5) is 19.7. The summed E-state index contributed by atoms with van der Waals surface area (Å²) in [5.74, 6) is -0.492. The van der Waals surface area contributed by atoms with Gasteiger partial charge in [-0.25, -0.2) is 9.78 Å². The summed E-state index contributed by atoms with van der Waals surface area (Å²) in [6.07, 6.45) is 0. The molecule has 138 valence electrons. The van der Waals surface area contributed by atoms with Crippen LogP contribution in [-0.4, -0.2) is 33.3 Å². The fourth-order valence-corrected chi connectivity index (χ4v) is 2.33. The average Bonchev–Trinajstić information content (AvgIpc) is 2.66. The highest BCUT2D eigenvalue weighted by atomic mass is 16.5. The van der Waals surface area contributed by atoms with Gasteiger partial charge in [-0.3, -0.25) is 0 Å². The topological polar surface area (TPSA) is 143 Å². The smallest absolute Gasteiger partial charge is 0.356 e. The van der Waals surface area contributed by atoms with Crippen LogP contribution in [0.25, 0.3) is 0 Å². The standard InChI is InChI=1S/C18H17N5O4/c1-27-13-5-3-2-4-12(13)21-16-14(19)15(17(25)26)22-18(23-16)20-10-6-8-11(24)9-7-10/h2-9,24H,19H2,1H3,(H,25,26)(H2,20,21,22,23). The number of nitrogen functional groups attached to an aromatic ring is 1. The van der Waals surface area contributed by atoms with Crippen LogP contribution in [-0.2, 0) is 0 Å². The van der Waals surface area contributed by atoms with Crippen LogP contribution in [0.2, 0.25) is 0 Å². The summed E-state index contributed by atoms with van der Waals surface area (Å²) in [6.45, 7) is 0. The third-order valence-corrected chi connectivity index (χ3v) is 3.63. The number of carboxylic acids is 1. The molecule has 3 rings (SSSR count). The summed E-state index contributed by atoms with van der Waals surface area (Å²) in [6, 6.07) is 13.2. The van der Waals surface area contributed by atoms with Crippen molar-refractivity contribution in [2.75, 3.05) is 23.5 Å². The van der Waals surface area contributed by atoms with E-state index in [1.165, 1.54) is 19.2 Å². The fraction of sp³-hybridized carbons (Fsp3) is 0.0556. The molecule has 9 heteroatoms. The maximum Gasteiger partial charge on any atom is 0.356 e. The molecule has 9 nitrogen and oxygen atoms in total. The Morgan fingerprint density at radius 2 is 1.78 bits per heavy atom. The van der Waals surface area contributed by atoms with Crippen LogP contribution in [0, 0.1) is 0 Å². The molecule has 0 saturated carbocycles. The molecule has 0 aliphatic heterocycles. The van der Waals surface area contributed by atoms with Crippen molar-refractivity contribution in [3.63, 3.8) is 0 Å². The number of hydrogen-bond acceptors (Lipinski definition) is 8. The molecule has 0 bridgehead atoms. The number of hydrogen-bond donors (Lipinski definition) is 5. The van der Waals surface area contributed by atoms with Crippen LogP contribution in [0.4, 0.5) is 28.8 Å². The minimum absolute atomic E-state index is 0.0321. The molecular weight excluding hydrogens is 350 g/mol. The van der Waals surface area contributed by atoms with Crippen molar-refractivity contribution in [1.82, 2.24) is 9.97 Å². The Balaban J connectivity index is 2.00.